The maximum Gasteiger partial charge on any atom is 0.341 e. The molecule has 0 radical (unpaired) electrons. The minimum absolute atomic E-state index is 0.383. The number of hydrogen-bond donors (Lipinski definition) is 0. The van der Waals surface area contributed by atoms with E-state index in [-0.39, 0.29) is 0 Å². The van der Waals surface area contributed by atoms with E-state index in [1.165, 1.54) is 7.11 Å². The van der Waals surface area contributed by atoms with Crippen molar-refractivity contribution in [2.45, 2.75) is 0 Å². The lowest BCUT2D eigenvalue weighted by Gasteiger charge is -2.02. The Morgan fingerprint density at radius 2 is 1.96 bits per heavy atom. The SMILES string of the molecule is COC(=O)c1cccn2nc(-c3ccc(-n4ccnc4)cc3)nc12. The standard InChI is InChI=1S/C17H13N5O2/c1-24-17(23)14-3-2-9-22-16(14)19-15(20-22)12-4-6-13(7-5-12)21-10-8-18-11-21/h2-11H,1H3. The third kappa shape index (κ3) is 2.32. The van der Waals surface area contributed by atoms with Gasteiger partial charge in [0.1, 0.15) is 5.56 Å². The number of methoxy groups -OCH3 is 1. The molecule has 0 amide bonds. The Morgan fingerprint density at radius 3 is 2.67 bits per heavy atom. The Kier molecular flexibility index (Phi) is 3.31. The molecule has 7 heteroatoms. The van der Waals surface area contributed by atoms with E-state index >= 15 is 0 Å². The zero-order chi connectivity index (χ0) is 16.5. The van der Waals surface area contributed by atoms with Crippen LogP contribution in [0.1, 0.15) is 10.4 Å². The van der Waals surface area contributed by atoms with Crippen LogP contribution in [0, 0.1) is 0 Å². The highest BCUT2D eigenvalue weighted by Gasteiger charge is 2.15. The van der Waals surface area contributed by atoms with Crippen LogP contribution < -0.4 is 0 Å². The van der Waals surface area contributed by atoms with E-state index in [4.69, 9.17) is 4.74 Å². The van der Waals surface area contributed by atoms with Crippen molar-refractivity contribution in [3.8, 4) is 17.1 Å². The maximum atomic E-state index is 11.8. The van der Waals surface area contributed by atoms with Crippen molar-refractivity contribution in [1.29, 1.82) is 0 Å². The van der Waals surface area contributed by atoms with E-state index in [1.807, 2.05) is 35.0 Å². The van der Waals surface area contributed by atoms with Crippen LogP contribution in [0.4, 0.5) is 0 Å². The van der Waals surface area contributed by atoms with Gasteiger partial charge in [0.25, 0.3) is 0 Å². The molecule has 0 unspecified atom stereocenters. The van der Waals surface area contributed by atoms with Crippen molar-refractivity contribution < 1.29 is 9.53 Å². The van der Waals surface area contributed by atoms with Crippen LogP contribution in [0.15, 0.2) is 61.3 Å². The predicted octanol–water partition coefficient (Wildman–Crippen LogP) is 2.37. The molecule has 7 nitrogen and oxygen atoms in total. The van der Waals surface area contributed by atoms with Gasteiger partial charge in [0.2, 0.25) is 0 Å². The average molecular weight is 319 g/mol. The molecular formula is C17H13N5O2. The summed E-state index contributed by atoms with van der Waals surface area (Å²) in [4.78, 5) is 20.3. The van der Waals surface area contributed by atoms with Gasteiger partial charge in [-0.15, -0.1) is 5.10 Å². The molecule has 0 aliphatic carbocycles. The van der Waals surface area contributed by atoms with Crippen LogP contribution in [0.5, 0.6) is 0 Å². The summed E-state index contributed by atoms with van der Waals surface area (Å²) in [5.41, 5.74) is 2.71. The summed E-state index contributed by atoms with van der Waals surface area (Å²) < 4.78 is 8.28. The molecule has 4 aromatic rings. The van der Waals surface area contributed by atoms with Gasteiger partial charge >= 0.3 is 5.97 Å². The number of ether oxygens (including phenoxy) is 1. The van der Waals surface area contributed by atoms with Crippen LogP contribution in [-0.4, -0.2) is 37.2 Å². The van der Waals surface area contributed by atoms with Gasteiger partial charge in [-0.1, -0.05) is 0 Å². The van der Waals surface area contributed by atoms with Gasteiger partial charge in [-0.05, 0) is 36.4 Å². The van der Waals surface area contributed by atoms with Gasteiger partial charge in [0.05, 0.1) is 13.4 Å². The van der Waals surface area contributed by atoms with Crippen molar-refractivity contribution >= 4 is 11.6 Å². The number of rotatable bonds is 3. The maximum absolute atomic E-state index is 11.8. The van der Waals surface area contributed by atoms with Gasteiger partial charge in [0, 0.05) is 29.8 Å². The Morgan fingerprint density at radius 1 is 1.12 bits per heavy atom. The van der Waals surface area contributed by atoms with Crippen molar-refractivity contribution in [1.82, 2.24) is 24.1 Å². The summed E-state index contributed by atoms with van der Waals surface area (Å²) in [5.74, 6) is 0.110. The monoisotopic (exact) mass is 319 g/mol. The first kappa shape index (κ1) is 14.1. The van der Waals surface area contributed by atoms with Gasteiger partial charge in [-0.2, -0.15) is 0 Å². The van der Waals surface area contributed by atoms with E-state index < -0.39 is 5.97 Å². The minimum atomic E-state index is -0.435. The van der Waals surface area contributed by atoms with Crippen molar-refractivity contribution in [3.05, 3.63) is 66.9 Å². The Hall–Kier alpha value is -3.48. The molecule has 118 valence electrons. The first-order valence-electron chi connectivity index (χ1n) is 7.29. The second kappa shape index (κ2) is 5.62. The molecule has 1 aromatic carbocycles. The number of carbonyl (C=O) groups excluding carboxylic acids is 1. The molecule has 4 rings (SSSR count). The summed E-state index contributed by atoms with van der Waals surface area (Å²) >= 11 is 0. The van der Waals surface area contributed by atoms with E-state index in [9.17, 15) is 4.79 Å². The molecule has 0 aliphatic heterocycles. The zero-order valence-corrected chi connectivity index (χ0v) is 12.8. The first-order valence-corrected chi connectivity index (χ1v) is 7.29. The van der Waals surface area contributed by atoms with Gasteiger partial charge in [0.15, 0.2) is 11.5 Å². The third-order valence-corrected chi connectivity index (χ3v) is 3.70. The van der Waals surface area contributed by atoms with Crippen molar-refractivity contribution in [2.75, 3.05) is 7.11 Å². The van der Waals surface area contributed by atoms with Crippen LogP contribution in [-0.2, 0) is 4.74 Å². The number of pyridine rings is 1. The second-order valence-electron chi connectivity index (χ2n) is 5.13. The molecule has 0 bridgehead atoms. The topological polar surface area (TPSA) is 74.3 Å². The lowest BCUT2D eigenvalue weighted by molar-refractivity contribution is 0.0602. The molecule has 0 saturated heterocycles. The Labute approximate surface area is 137 Å². The van der Waals surface area contributed by atoms with Gasteiger partial charge in [-0.3, -0.25) is 0 Å². The summed E-state index contributed by atoms with van der Waals surface area (Å²) in [5, 5.41) is 4.43. The third-order valence-electron chi connectivity index (χ3n) is 3.70. The van der Waals surface area contributed by atoms with Crippen LogP contribution in [0.3, 0.4) is 0 Å². The molecule has 0 fully saturated rings. The highest BCUT2D eigenvalue weighted by Crippen LogP contribution is 2.20. The predicted molar refractivity (Wildman–Crippen MR) is 86.9 cm³/mol. The molecule has 3 aromatic heterocycles. The molecule has 0 saturated carbocycles. The summed E-state index contributed by atoms with van der Waals surface area (Å²) in [7, 11) is 1.35. The number of fused-ring (bicyclic) bond motifs is 1. The van der Waals surface area contributed by atoms with E-state index in [0.29, 0.717) is 17.0 Å². The fourth-order valence-electron chi connectivity index (χ4n) is 2.49. The second-order valence-corrected chi connectivity index (χ2v) is 5.13. The van der Waals surface area contributed by atoms with Gasteiger partial charge in [-0.25, -0.2) is 19.3 Å². The minimum Gasteiger partial charge on any atom is -0.465 e. The van der Waals surface area contributed by atoms with Crippen LogP contribution in [0.2, 0.25) is 0 Å². The summed E-state index contributed by atoms with van der Waals surface area (Å²) in [6.45, 7) is 0. The summed E-state index contributed by atoms with van der Waals surface area (Å²) in [6.07, 6.45) is 7.09. The van der Waals surface area contributed by atoms with E-state index in [1.54, 1.807) is 35.4 Å². The summed E-state index contributed by atoms with van der Waals surface area (Å²) in [6, 6.07) is 11.2. The number of hydrogen-bond acceptors (Lipinski definition) is 5. The number of aromatic nitrogens is 5. The van der Waals surface area contributed by atoms with Crippen LogP contribution >= 0.6 is 0 Å². The largest absolute Gasteiger partial charge is 0.465 e. The number of carbonyl (C=O) groups is 1. The number of benzene rings is 1. The number of imidazole rings is 1. The average Bonchev–Trinajstić information content (AvgIpc) is 3.30. The molecular weight excluding hydrogens is 306 g/mol. The van der Waals surface area contributed by atoms with Crippen molar-refractivity contribution in [3.63, 3.8) is 0 Å². The molecule has 0 spiro atoms. The van der Waals surface area contributed by atoms with E-state index in [0.717, 1.165) is 11.3 Å². The quantitative estimate of drug-likeness (QED) is 0.542. The number of nitrogens with zero attached hydrogens (tertiary/aromatic N) is 5. The lowest BCUT2D eigenvalue weighted by atomic mass is 10.2. The highest BCUT2D eigenvalue weighted by molar-refractivity contribution is 5.95. The normalized spacial score (nSPS) is 10.9. The Bertz CT molecular complexity index is 1000. The van der Waals surface area contributed by atoms with Gasteiger partial charge < -0.3 is 9.30 Å². The van der Waals surface area contributed by atoms with Crippen LogP contribution in [0.25, 0.3) is 22.7 Å². The lowest BCUT2D eigenvalue weighted by Crippen LogP contribution is -2.04. The number of esters is 1. The molecule has 0 N–H and O–H groups in total. The highest BCUT2D eigenvalue weighted by atomic mass is 16.5. The smallest absolute Gasteiger partial charge is 0.341 e. The molecule has 24 heavy (non-hydrogen) atoms. The molecule has 3 heterocycles. The Balaban J connectivity index is 1.75. The molecule has 0 aliphatic rings. The fraction of sp³-hybridized carbons (Fsp3) is 0.0588. The van der Waals surface area contributed by atoms with E-state index in [2.05, 4.69) is 15.1 Å². The zero-order valence-electron chi connectivity index (χ0n) is 12.8. The fourth-order valence-corrected chi connectivity index (χ4v) is 2.49. The molecule has 0 atom stereocenters. The van der Waals surface area contributed by atoms with Crippen molar-refractivity contribution in [2.24, 2.45) is 0 Å². The first-order chi connectivity index (χ1) is 11.8.